The second-order valence-corrected chi connectivity index (χ2v) is 9.45. The predicted octanol–water partition coefficient (Wildman–Crippen LogP) is 1.87. The number of anilines is 1. The van der Waals surface area contributed by atoms with Gasteiger partial charge in [0.15, 0.2) is 0 Å². The molecule has 26 heavy (non-hydrogen) atoms. The Labute approximate surface area is 155 Å². The Balaban J connectivity index is 1.37. The molecule has 1 N–H and O–H groups in total. The summed E-state index contributed by atoms with van der Waals surface area (Å²) >= 11 is 0. The highest BCUT2D eigenvalue weighted by Crippen LogP contribution is 2.55. The Hall–Kier alpha value is -1.56. The highest BCUT2D eigenvalue weighted by molar-refractivity contribution is 5.99. The summed E-state index contributed by atoms with van der Waals surface area (Å²) in [7, 11) is 4.11. The molecule has 0 radical (unpaired) electrons. The van der Waals surface area contributed by atoms with Gasteiger partial charge in [-0.1, -0.05) is 0 Å². The first-order valence-electron chi connectivity index (χ1n) is 10.3. The van der Waals surface area contributed by atoms with E-state index >= 15 is 0 Å². The molecule has 1 amide bonds. The van der Waals surface area contributed by atoms with E-state index < -0.39 is 0 Å². The third-order valence-corrected chi connectivity index (χ3v) is 7.37. The van der Waals surface area contributed by atoms with Crippen molar-refractivity contribution in [1.29, 1.82) is 0 Å². The van der Waals surface area contributed by atoms with E-state index in [1.807, 2.05) is 11.7 Å². The maximum atomic E-state index is 13.3. The van der Waals surface area contributed by atoms with Gasteiger partial charge in [0.25, 0.3) is 5.91 Å². The Morgan fingerprint density at radius 2 is 1.62 bits per heavy atom. The molecule has 0 atom stereocenters. The van der Waals surface area contributed by atoms with E-state index in [0.29, 0.717) is 0 Å². The van der Waals surface area contributed by atoms with Gasteiger partial charge in [-0.05, 0) is 63.3 Å². The molecular weight excluding hydrogens is 326 g/mol. The summed E-state index contributed by atoms with van der Waals surface area (Å²) < 4.78 is 1.87. The molecule has 0 unspecified atom stereocenters. The maximum absolute atomic E-state index is 13.3. The van der Waals surface area contributed by atoms with E-state index in [-0.39, 0.29) is 11.4 Å². The molecular formula is C20H31N5O. The molecule has 142 valence electrons. The van der Waals surface area contributed by atoms with Gasteiger partial charge in [0, 0.05) is 38.8 Å². The van der Waals surface area contributed by atoms with Crippen LogP contribution in [0.3, 0.4) is 0 Å². The van der Waals surface area contributed by atoms with Gasteiger partial charge in [-0.15, -0.1) is 0 Å². The van der Waals surface area contributed by atoms with Gasteiger partial charge < -0.3 is 15.1 Å². The van der Waals surface area contributed by atoms with Crippen molar-refractivity contribution < 1.29 is 4.79 Å². The number of carbonyl (C=O) groups is 1. The van der Waals surface area contributed by atoms with Crippen LogP contribution in [0.5, 0.6) is 0 Å². The highest BCUT2D eigenvalue weighted by atomic mass is 16.2. The molecule has 1 aromatic heterocycles. The topological polar surface area (TPSA) is 53.4 Å². The van der Waals surface area contributed by atoms with Gasteiger partial charge in [-0.2, -0.15) is 5.10 Å². The minimum atomic E-state index is 0.0566. The Morgan fingerprint density at radius 1 is 1.04 bits per heavy atom. The zero-order valence-electron chi connectivity index (χ0n) is 16.1. The SMILES string of the molecule is CN1CCN(c2c(C(=O)NC34CC5CC(CC(C5)C3)C4)cnn2C)CC1. The lowest BCUT2D eigenvalue weighted by Crippen LogP contribution is -2.60. The van der Waals surface area contributed by atoms with Crippen LogP contribution in [0, 0.1) is 17.8 Å². The molecule has 4 saturated carbocycles. The van der Waals surface area contributed by atoms with E-state index in [4.69, 9.17) is 0 Å². The second kappa shape index (κ2) is 5.98. The molecule has 0 aromatic carbocycles. The Bertz CT molecular complexity index is 668. The third-order valence-electron chi connectivity index (χ3n) is 7.37. The third kappa shape index (κ3) is 2.73. The summed E-state index contributed by atoms with van der Waals surface area (Å²) in [5.74, 6) is 3.60. The summed E-state index contributed by atoms with van der Waals surface area (Å²) in [5.41, 5.74) is 0.814. The van der Waals surface area contributed by atoms with E-state index in [1.165, 1.54) is 38.5 Å². The van der Waals surface area contributed by atoms with Crippen molar-refractivity contribution >= 4 is 11.7 Å². The zero-order chi connectivity index (χ0) is 17.9. The molecule has 4 aliphatic carbocycles. The van der Waals surface area contributed by atoms with E-state index in [2.05, 4.69) is 27.3 Å². The fraction of sp³-hybridized carbons (Fsp3) is 0.800. The molecule has 6 nitrogen and oxygen atoms in total. The van der Waals surface area contributed by atoms with Crippen LogP contribution in [-0.2, 0) is 7.05 Å². The first-order chi connectivity index (χ1) is 12.5. The highest BCUT2D eigenvalue weighted by Gasteiger charge is 2.51. The minimum Gasteiger partial charge on any atom is -0.354 e. The minimum absolute atomic E-state index is 0.0566. The van der Waals surface area contributed by atoms with Crippen molar-refractivity contribution in [3.05, 3.63) is 11.8 Å². The number of piperazine rings is 1. The number of aryl methyl sites for hydroxylation is 1. The van der Waals surface area contributed by atoms with Crippen molar-refractivity contribution in [1.82, 2.24) is 20.0 Å². The van der Waals surface area contributed by atoms with Gasteiger partial charge in [-0.3, -0.25) is 9.48 Å². The first kappa shape index (κ1) is 16.6. The van der Waals surface area contributed by atoms with Gasteiger partial charge in [0.1, 0.15) is 11.4 Å². The lowest BCUT2D eigenvalue weighted by molar-refractivity contribution is -0.0166. The van der Waals surface area contributed by atoms with Crippen molar-refractivity contribution in [3.8, 4) is 0 Å². The number of carbonyl (C=O) groups excluding carboxylic acids is 1. The van der Waals surface area contributed by atoms with Crippen LogP contribution < -0.4 is 10.2 Å². The number of aromatic nitrogens is 2. The van der Waals surface area contributed by atoms with Crippen molar-refractivity contribution in [3.63, 3.8) is 0 Å². The predicted molar refractivity (Wildman–Crippen MR) is 101 cm³/mol. The number of nitrogens with one attached hydrogen (secondary N) is 1. The fourth-order valence-corrected chi connectivity index (χ4v) is 6.56. The average Bonchev–Trinajstić information content (AvgIpc) is 2.96. The normalized spacial score (nSPS) is 36.5. The van der Waals surface area contributed by atoms with Gasteiger partial charge in [0.05, 0.1) is 6.20 Å². The smallest absolute Gasteiger partial charge is 0.257 e. The molecule has 5 fully saturated rings. The van der Waals surface area contributed by atoms with Crippen LogP contribution in [0.2, 0.25) is 0 Å². The number of amides is 1. The average molecular weight is 358 g/mol. The summed E-state index contributed by atoms with van der Waals surface area (Å²) in [5, 5.41) is 7.94. The molecule has 1 aromatic rings. The summed E-state index contributed by atoms with van der Waals surface area (Å²) in [4.78, 5) is 17.9. The molecule has 1 saturated heterocycles. The van der Waals surface area contributed by atoms with E-state index in [9.17, 15) is 4.79 Å². The van der Waals surface area contributed by atoms with Crippen molar-refractivity contribution in [2.45, 2.75) is 44.1 Å². The molecule has 6 heteroatoms. The van der Waals surface area contributed by atoms with Crippen molar-refractivity contribution in [2.75, 3.05) is 38.1 Å². The van der Waals surface area contributed by atoms with Crippen LogP contribution in [0.4, 0.5) is 5.82 Å². The van der Waals surface area contributed by atoms with E-state index in [0.717, 1.165) is 55.3 Å². The van der Waals surface area contributed by atoms with Crippen LogP contribution in [0.1, 0.15) is 48.9 Å². The summed E-state index contributed by atoms with van der Waals surface area (Å²) in [6.07, 6.45) is 9.53. The van der Waals surface area contributed by atoms with Crippen LogP contribution in [0.15, 0.2) is 6.20 Å². The lowest BCUT2D eigenvalue weighted by atomic mass is 9.53. The number of hydrogen-bond acceptors (Lipinski definition) is 4. The fourth-order valence-electron chi connectivity index (χ4n) is 6.56. The lowest BCUT2D eigenvalue weighted by Gasteiger charge is -2.56. The summed E-state index contributed by atoms with van der Waals surface area (Å²) in [6.45, 7) is 3.96. The van der Waals surface area contributed by atoms with E-state index in [1.54, 1.807) is 6.20 Å². The maximum Gasteiger partial charge on any atom is 0.257 e. The molecule has 6 rings (SSSR count). The zero-order valence-corrected chi connectivity index (χ0v) is 16.1. The molecule has 4 bridgehead atoms. The van der Waals surface area contributed by atoms with Crippen LogP contribution in [0.25, 0.3) is 0 Å². The largest absolute Gasteiger partial charge is 0.354 e. The van der Waals surface area contributed by atoms with Crippen LogP contribution in [-0.4, -0.2) is 59.4 Å². The van der Waals surface area contributed by atoms with Crippen LogP contribution >= 0.6 is 0 Å². The van der Waals surface area contributed by atoms with Gasteiger partial charge >= 0.3 is 0 Å². The monoisotopic (exact) mass is 357 g/mol. The second-order valence-electron chi connectivity index (χ2n) is 9.45. The standard InChI is InChI=1S/C20H31N5O/c1-23-3-5-25(6-4-23)19-17(13-21-24(19)2)18(26)22-20-10-14-7-15(11-20)9-16(8-14)12-20/h13-16H,3-12H2,1-2H3,(H,22,26). The number of rotatable bonds is 3. The van der Waals surface area contributed by atoms with Gasteiger partial charge in [0.2, 0.25) is 0 Å². The number of likely N-dealkylation sites (N-methyl/N-ethyl adjacent to an activating group) is 1. The quantitative estimate of drug-likeness (QED) is 0.897. The molecule has 5 aliphatic rings. The van der Waals surface area contributed by atoms with Gasteiger partial charge in [-0.25, -0.2) is 0 Å². The molecule has 1 aliphatic heterocycles. The Kier molecular flexibility index (Phi) is 3.82. The molecule has 0 spiro atoms. The summed E-state index contributed by atoms with van der Waals surface area (Å²) in [6, 6.07) is 0. The first-order valence-corrected chi connectivity index (χ1v) is 10.3. The van der Waals surface area contributed by atoms with Crippen molar-refractivity contribution in [2.24, 2.45) is 24.8 Å². The molecule has 2 heterocycles. The number of hydrogen-bond donors (Lipinski definition) is 1. The Morgan fingerprint density at radius 3 is 2.19 bits per heavy atom. The number of nitrogens with zero attached hydrogens (tertiary/aromatic N) is 4.